The Morgan fingerprint density at radius 1 is 0.833 bits per heavy atom. The number of hydrogen-bond acceptors (Lipinski definition) is 9. The first kappa shape index (κ1) is 45.4. The standard InChI is InChI=1S/C47H62N6O7/c1-12-30-26(3)34-23-36-28(5)32(18-19-40(54)58-10)43(52-36)33(22-41(55)59-11)44-42(45(56)48-20-16-14-15-17-21-49-46(57)60-47(7,8)9)29(6)37(53-44)25-39-31(13-2)27(4)35(51-39)24-38(30)50-34/h12,23-25,28,32,51,53H,1,13-22H2,2-11H3,(H,48,56)(H,49,57). The topological polar surface area (TPSA) is 177 Å². The number of methoxy groups -OCH3 is 2. The maximum Gasteiger partial charge on any atom is 0.407 e. The summed E-state index contributed by atoms with van der Waals surface area (Å²) < 4.78 is 15.6. The number of unbranched alkanes of at least 4 members (excludes halogenated alkanes) is 3. The summed E-state index contributed by atoms with van der Waals surface area (Å²) in [6, 6.07) is 6.06. The van der Waals surface area contributed by atoms with E-state index in [9.17, 15) is 19.2 Å². The lowest BCUT2D eigenvalue weighted by molar-refractivity contribution is -0.141. The van der Waals surface area contributed by atoms with Crippen molar-refractivity contribution >= 4 is 57.2 Å². The van der Waals surface area contributed by atoms with Gasteiger partial charge in [-0.25, -0.2) is 9.78 Å². The summed E-state index contributed by atoms with van der Waals surface area (Å²) >= 11 is 0. The molecule has 2 aliphatic rings. The van der Waals surface area contributed by atoms with Gasteiger partial charge in [-0.05, 0) is 108 Å². The molecular formula is C47H62N6O7. The Morgan fingerprint density at radius 2 is 1.50 bits per heavy atom. The summed E-state index contributed by atoms with van der Waals surface area (Å²) in [5.74, 6) is -1.61. The van der Waals surface area contributed by atoms with Crippen LogP contribution in [0.4, 0.5) is 4.79 Å². The molecule has 2 unspecified atom stereocenters. The van der Waals surface area contributed by atoms with E-state index in [-0.39, 0.29) is 36.6 Å². The average Bonchev–Trinajstić information content (AvgIpc) is 3.88. The van der Waals surface area contributed by atoms with E-state index >= 15 is 0 Å². The largest absolute Gasteiger partial charge is 0.469 e. The summed E-state index contributed by atoms with van der Waals surface area (Å²) in [6.07, 6.45) is 5.74. The van der Waals surface area contributed by atoms with Crippen LogP contribution in [0.25, 0.3) is 33.2 Å². The molecule has 0 aromatic carbocycles. The number of carbonyl (C=O) groups is 4. The van der Waals surface area contributed by atoms with E-state index in [1.165, 1.54) is 14.2 Å². The summed E-state index contributed by atoms with van der Waals surface area (Å²) in [7, 11) is 2.70. The molecule has 4 N–H and O–H groups in total. The maximum absolute atomic E-state index is 14.4. The van der Waals surface area contributed by atoms with E-state index in [1.54, 1.807) is 0 Å². The number of fused-ring (bicyclic) bond motifs is 8. The third-order valence-electron chi connectivity index (χ3n) is 11.5. The number of amides is 2. The third kappa shape index (κ3) is 10.3. The summed E-state index contributed by atoms with van der Waals surface area (Å²) in [6.45, 7) is 20.7. The van der Waals surface area contributed by atoms with Crippen molar-refractivity contribution in [2.24, 2.45) is 0 Å². The zero-order valence-corrected chi connectivity index (χ0v) is 37.0. The van der Waals surface area contributed by atoms with E-state index in [0.29, 0.717) is 52.9 Å². The minimum Gasteiger partial charge on any atom is -0.469 e. The van der Waals surface area contributed by atoms with Crippen molar-refractivity contribution in [1.82, 2.24) is 30.6 Å². The lowest BCUT2D eigenvalue weighted by atomic mass is 9.85. The molecule has 2 aliphatic heterocycles. The molecule has 0 radical (unpaired) electrons. The zero-order chi connectivity index (χ0) is 43.9. The highest BCUT2D eigenvalue weighted by atomic mass is 16.6. The smallest absolute Gasteiger partial charge is 0.407 e. The molecule has 5 heterocycles. The predicted octanol–water partition coefficient (Wildman–Crippen LogP) is 8.98. The maximum atomic E-state index is 14.4. The Bertz CT molecular complexity index is 2340. The van der Waals surface area contributed by atoms with Gasteiger partial charge in [-0.15, -0.1) is 0 Å². The number of alkyl carbamates (subject to hydrolysis) is 1. The summed E-state index contributed by atoms with van der Waals surface area (Å²) in [4.78, 5) is 69.9. The third-order valence-corrected chi connectivity index (χ3v) is 11.5. The number of H-pyrrole nitrogens is 2. The van der Waals surface area contributed by atoms with Gasteiger partial charge in [0.1, 0.15) is 5.60 Å². The molecular weight excluding hydrogens is 761 g/mol. The molecule has 3 aromatic rings. The summed E-state index contributed by atoms with van der Waals surface area (Å²) in [5, 5.41) is 5.93. The van der Waals surface area contributed by atoms with Gasteiger partial charge in [-0.3, -0.25) is 19.4 Å². The average molecular weight is 823 g/mol. The van der Waals surface area contributed by atoms with Gasteiger partial charge in [-0.2, -0.15) is 0 Å². The van der Waals surface area contributed by atoms with Gasteiger partial charge in [0.05, 0.1) is 48.8 Å². The molecule has 5 rings (SSSR count). The van der Waals surface area contributed by atoms with Crippen molar-refractivity contribution in [3.8, 4) is 0 Å². The van der Waals surface area contributed by atoms with E-state index in [1.807, 2.05) is 52.8 Å². The molecule has 13 nitrogen and oxygen atoms in total. The molecule has 8 bridgehead atoms. The Kier molecular flexibility index (Phi) is 14.8. The fraction of sp³-hybridized carbons (Fsp3) is 0.489. The van der Waals surface area contributed by atoms with Gasteiger partial charge >= 0.3 is 18.0 Å². The van der Waals surface area contributed by atoms with Gasteiger partial charge in [0.15, 0.2) is 0 Å². The highest BCUT2D eigenvalue weighted by Gasteiger charge is 2.34. The molecule has 0 saturated heterocycles. The molecule has 0 spiro atoms. The van der Waals surface area contributed by atoms with Crippen molar-refractivity contribution in [2.45, 2.75) is 124 Å². The number of nitrogens with one attached hydrogen (secondary N) is 4. The molecule has 0 saturated carbocycles. The van der Waals surface area contributed by atoms with Crippen LogP contribution in [0.1, 0.15) is 147 Å². The Hall–Kier alpha value is -5.72. The van der Waals surface area contributed by atoms with E-state index < -0.39 is 17.7 Å². The number of nitrogens with zero attached hydrogens (tertiary/aromatic N) is 2. The number of ether oxygens (including phenoxy) is 3. The fourth-order valence-electron chi connectivity index (χ4n) is 8.11. The van der Waals surface area contributed by atoms with Crippen LogP contribution in [-0.2, 0) is 36.6 Å². The number of carbonyl (C=O) groups excluding carboxylic acids is 4. The lowest BCUT2D eigenvalue weighted by Gasteiger charge is -2.19. The van der Waals surface area contributed by atoms with Crippen LogP contribution in [0.15, 0.2) is 30.9 Å². The number of aryl methyl sites for hydroxylation is 3. The summed E-state index contributed by atoms with van der Waals surface area (Å²) in [5.41, 5.74) is 11.1. The fourth-order valence-corrected chi connectivity index (χ4v) is 8.11. The highest BCUT2D eigenvalue weighted by molar-refractivity contribution is 6.06. The number of rotatable bonds is 15. The molecule has 2 amide bonds. The highest BCUT2D eigenvalue weighted by Crippen LogP contribution is 2.43. The minimum atomic E-state index is -0.554. The van der Waals surface area contributed by atoms with Crippen molar-refractivity contribution in [1.29, 1.82) is 0 Å². The van der Waals surface area contributed by atoms with Gasteiger partial charge in [0, 0.05) is 64.7 Å². The van der Waals surface area contributed by atoms with Crippen molar-refractivity contribution in [3.05, 3.63) is 81.4 Å². The van der Waals surface area contributed by atoms with Crippen LogP contribution >= 0.6 is 0 Å². The Balaban J connectivity index is 1.67. The Labute approximate surface area is 353 Å². The van der Waals surface area contributed by atoms with E-state index in [2.05, 4.69) is 54.0 Å². The van der Waals surface area contributed by atoms with Crippen LogP contribution in [0.2, 0.25) is 0 Å². The first-order valence-electron chi connectivity index (χ1n) is 21.0. The second-order valence-electron chi connectivity index (χ2n) is 16.6. The number of esters is 2. The quantitative estimate of drug-likeness (QED) is 0.0662. The lowest BCUT2D eigenvalue weighted by Crippen LogP contribution is -2.33. The SMILES string of the molecule is C=CC1=C(C)c2cc3nc(c(CC(=O)OC)c4[nH]c(cc5[nH]c(cc1n2)c(C)c5CC)c(C)c4C(=O)NCCCCCCNC(=O)OC(C)(C)C)C(CCC(=O)OC)C3C. The van der Waals surface area contributed by atoms with Crippen LogP contribution < -0.4 is 10.6 Å². The van der Waals surface area contributed by atoms with Crippen LogP contribution in [0.3, 0.4) is 0 Å². The number of allylic oxidation sites excluding steroid dienone is 3. The predicted molar refractivity (Wildman–Crippen MR) is 236 cm³/mol. The normalized spacial score (nSPS) is 15.1. The van der Waals surface area contributed by atoms with Crippen molar-refractivity contribution in [3.63, 3.8) is 0 Å². The van der Waals surface area contributed by atoms with Gasteiger partial charge in [0.2, 0.25) is 0 Å². The van der Waals surface area contributed by atoms with Crippen molar-refractivity contribution in [2.75, 3.05) is 27.3 Å². The van der Waals surface area contributed by atoms with Crippen molar-refractivity contribution < 1.29 is 33.4 Å². The van der Waals surface area contributed by atoms with Crippen LogP contribution in [0.5, 0.6) is 0 Å². The Morgan fingerprint density at radius 3 is 2.13 bits per heavy atom. The molecule has 3 aromatic heterocycles. The molecule has 0 fully saturated rings. The second kappa shape index (κ2) is 19.6. The first-order chi connectivity index (χ1) is 28.5. The van der Waals surface area contributed by atoms with Crippen LogP contribution in [-0.4, -0.2) is 76.8 Å². The molecule has 322 valence electrons. The van der Waals surface area contributed by atoms with Gasteiger partial charge in [-0.1, -0.05) is 39.3 Å². The zero-order valence-electron chi connectivity index (χ0n) is 37.0. The monoisotopic (exact) mass is 822 g/mol. The molecule has 0 aliphatic carbocycles. The van der Waals surface area contributed by atoms with Gasteiger partial charge < -0.3 is 34.8 Å². The number of aromatic nitrogens is 4. The second-order valence-corrected chi connectivity index (χ2v) is 16.6. The van der Waals surface area contributed by atoms with E-state index in [4.69, 9.17) is 24.2 Å². The van der Waals surface area contributed by atoms with Crippen LogP contribution in [0, 0.1) is 13.8 Å². The molecule has 2 atom stereocenters. The molecule has 60 heavy (non-hydrogen) atoms. The number of hydrogen-bond donors (Lipinski definition) is 4. The van der Waals surface area contributed by atoms with E-state index in [0.717, 1.165) is 82.5 Å². The number of aromatic amines is 2. The minimum absolute atomic E-state index is 0.137. The first-order valence-corrected chi connectivity index (χ1v) is 21.0. The molecule has 13 heteroatoms. The van der Waals surface area contributed by atoms with Gasteiger partial charge in [0.25, 0.3) is 5.91 Å².